The fourth-order valence-electron chi connectivity index (χ4n) is 2.54. The van der Waals surface area contributed by atoms with E-state index in [4.69, 9.17) is 9.47 Å². The number of urea groups is 1. The Hall–Kier alpha value is -2.53. The van der Waals surface area contributed by atoms with E-state index in [1.807, 2.05) is 68.4 Å². The van der Waals surface area contributed by atoms with Crippen LogP contribution in [0.4, 0.5) is 10.5 Å². The molecule has 0 spiro atoms. The molecule has 1 aliphatic rings. The highest BCUT2D eigenvalue weighted by Gasteiger charge is 2.36. The number of carbonyl (C=O) groups is 1. The topological polar surface area (TPSA) is 50.8 Å². The summed E-state index contributed by atoms with van der Waals surface area (Å²) >= 11 is 0. The Balaban J connectivity index is 1.55. The van der Waals surface area contributed by atoms with Gasteiger partial charge in [0.05, 0.1) is 12.1 Å². The van der Waals surface area contributed by atoms with Crippen molar-refractivity contribution in [3.63, 3.8) is 0 Å². The number of hydrogen-bond acceptors (Lipinski definition) is 3. The van der Waals surface area contributed by atoms with Gasteiger partial charge in [-0.05, 0) is 43.7 Å². The molecule has 1 aliphatic heterocycles. The van der Waals surface area contributed by atoms with Crippen molar-refractivity contribution < 1.29 is 14.3 Å². The second-order valence-electron chi connectivity index (χ2n) is 6.45. The van der Waals surface area contributed by atoms with Gasteiger partial charge in [-0.2, -0.15) is 0 Å². The number of anilines is 1. The lowest BCUT2D eigenvalue weighted by Gasteiger charge is -2.29. The molecule has 2 aromatic rings. The lowest BCUT2D eigenvalue weighted by atomic mass is 10.1. The van der Waals surface area contributed by atoms with E-state index in [1.54, 1.807) is 4.90 Å². The van der Waals surface area contributed by atoms with Gasteiger partial charge in [0.1, 0.15) is 19.1 Å². The molecule has 3 rings (SSSR count). The lowest BCUT2D eigenvalue weighted by molar-refractivity contribution is 0.147. The maximum atomic E-state index is 12.3. The van der Waals surface area contributed by atoms with E-state index in [9.17, 15) is 4.79 Å². The van der Waals surface area contributed by atoms with Crippen molar-refractivity contribution in [2.45, 2.75) is 26.0 Å². The summed E-state index contributed by atoms with van der Waals surface area (Å²) in [7, 11) is 0. The molecule has 5 nitrogen and oxygen atoms in total. The molecule has 0 unspecified atom stereocenters. The zero-order valence-electron chi connectivity index (χ0n) is 14.0. The van der Waals surface area contributed by atoms with Gasteiger partial charge in [-0.1, -0.05) is 30.3 Å². The van der Waals surface area contributed by atoms with Crippen LogP contribution < -0.4 is 10.1 Å². The summed E-state index contributed by atoms with van der Waals surface area (Å²) in [6.45, 7) is 5.36. The molecule has 2 amide bonds. The van der Waals surface area contributed by atoms with Crippen LogP contribution in [-0.4, -0.2) is 29.8 Å². The van der Waals surface area contributed by atoms with Crippen LogP contribution in [0.3, 0.4) is 0 Å². The average Bonchev–Trinajstić information content (AvgIpc) is 2.94. The van der Waals surface area contributed by atoms with Crippen LogP contribution in [0, 0.1) is 0 Å². The quantitative estimate of drug-likeness (QED) is 0.928. The largest absolute Gasteiger partial charge is 0.489 e. The number of nitrogens with zero attached hydrogens (tertiary/aromatic N) is 1. The third kappa shape index (κ3) is 3.86. The Kier molecular flexibility index (Phi) is 4.71. The molecule has 1 heterocycles. The number of carbonyl (C=O) groups excluding carboxylic acids is 1. The van der Waals surface area contributed by atoms with Gasteiger partial charge >= 0.3 is 6.03 Å². The van der Waals surface area contributed by atoms with E-state index in [0.717, 1.165) is 17.0 Å². The van der Waals surface area contributed by atoms with E-state index in [2.05, 4.69) is 5.32 Å². The van der Waals surface area contributed by atoms with Gasteiger partial charge in [-0.15, -0.1) is 0 Å². The monoisotopic (exact) mass is 326 g/mol. The summed E-state index contributed by atoms with van der Waals surface area (Å²) in [5, 5.41) is 2.89. The number of amides is 2. The average molecular weight is 326 g/mol. The number of rotatable bonds is 4. The molecule has 1 saturated heterocycles. The van der Waals surface area contributed by atoms with Crippen molar-refractivity contribution >= 4 is 11.7 Å². The smallest absolute Gasteiger partial charge is 0.324 e. The summed E-state index contributed by atoms with van der Waals surface area (Å²) in [5.74, 6) is 0.765. The standard InChI is InChI=1S/C19H22N2O3/c1-19(2)13-23-14-21(19)18(22)20-16-8-10-17(11-9-16)24-12-15-6-4-3-5-7-15/h3-11H,12-14H2,1-2H3,(H,20,22). The summed E-state index contributed by atoms with van der Waals surface area (Å²) < 4.78 is 11.1. The number of ether oxygens (including phenoxy) is 2. The van der Waals surface area contributed by atoms with Gasteiger partial charge in [0, 0.05) is 5.69 Å². The first-order valence-corrected chi connectivity index (χ1v) is 7.98. The van der Waals surface area contributed by atoms with E-state index >= 15 is 0 Å². The Morgan fingerprint density at radius 3 is 2.50 bits per heavy atom. The van der Waals surface area contributed by atoms with Gasteiger partial charge in [0.15, 0.2) is 0 Å². The van der Waals surface area contributed by atoms with E-state index in [0.29, 0.717) is 19.9 Å². The molecule has 0 aliphatic carbocycles. The Bertz CT molecular complexity index is 684. The van der Waals surface area contributed by atoms with Crippen LogP contribution in [0.2, 0.25) is 0 Å². The Morgan fingerprint density at radius 1 is 1.17 bits per heavy atom. The SMILES string of the molecule is CC1(C)COCN1C(=O)Nc1ccc(OCc2ccccc2)cc1. The van der Waals surface area contributed by atoms with Crippen LogP contribution >= 0.6 is 0 Å². The van der Waals surface area contributed by atoms with Crippen LogP contribution in [-0.2, 0) is 11.3 Å². The molecule has 1 N–H and O–H groups in total. The Morgan fingerprint density at radius 2 is 1.88 bits per heavy atom. The third-order valence-corrected chi connectivity index (χ3v) is 4.01. The predicted molar refractivity (Wildman–Crippen MR) is 93.0 cm³/mol. The minimum atomic E-state index is -0.289. The number of nitrogens with one attached hydrogen (secondary N) is 1. The van der Waals surface area contributed by atoms with Crippen molar-refractivity contribution in [1.82, 2.24) is 4.90 Å². The van der Waals surface area contributed by atoms with Gasteiger partial charge in [0.2, 0.25) is 0 Å². The first-order chi connectivity index (χ1) is 11.5. The van der Waals surface area contributed by atoms with Crippen LogP contribution in [0.25, 0.3) is 0 Å². The molecule has 0 aromatic heterocycles. The van der Waals surface area contributed by atoms with Crippen LogP contribution in [0.5, 0.6) is 5.75 Å². The highest BCUT2D eigenvalue weighted by molar-refractivity contribution is 5.90. The molecular weight excluding hydrogens is 304 g/mol. The molecule has 1 fully saturated rings. The highest BCUT2D eigenvalue weighted by atomic mass is 16.5. The van der Waals surface area contributed by atoms with Crippen molar-refractivity contribution in [3.05, 3.63) is 60.2 Å². The molecule has 0 radical (unpaired) electrons. The molecular formula is C19H22N2O3. The predicted octanol–water partition coefficient (Wildman–Crippen LogP) is 3.87. The highest BCUT2D eigenvalue weighted by Crippen LogP contribution is 2.23. The zero-order valence-corrected chi connectivity index (χ0v) is 14.0. The molecule has 0 bridgehead atoms. The summed E-state index contributed by atoms with van der Waals surface area (Å²) in [6, 6.07) is 17.2. The fourth-order valence-corrected chi connectivity index (χ4v) is 2.54. The van der Waals surface area contributed by atoms with Gasteiger partial charge in [0.25, 0.3) is 0 Å². The van der Waals surface area contributed by atoms with E-state index in [1.165, 1.54) is 0 Å². The van der Waals surface area contributed by atoms with Crippen molar-refractivity contribution in [2.75, 3.05) is 18.7 Å². The molecule has 0 atom stereocenters. The van der Waals surface area contributed by atoms with E-state index < -0.39 is 0 Å². The first kappa shape index (κ1) is 16.3. The minimum absolute atomic E-state index is 0.157. The summed E-state index contributed by atoms with van der Waals surface area (Å²) in [4.78, 5) is 14.0. The minimum Gasteiger partial charge on any atom is -0.489 e. The number of benzene rings is 2. The second kappa shape index (κ2) is 6.93. The lowest BCUT2D eigenvalue weighted by Crippen LogP contribution is -2.46. The van der Waals surface area contributed by atoms with Crippen LogP contribution in [0.1, 0.15) is 19.4 Å². The first-order valence-electron chi connectivity index (χ1n) is 7.98. The maximum Gasteiger partial charge on any atom is 0.324 e. The van der Waals surface area contributed by atoms with Crippen molar-refractivity contribution in [2.24, 2.45) is 0 Å². The van der Waals surface area contributed by atoms with Gasteiger partial charge < -0.3 is 14.8 Å². The number of hydrogen-bond donors (Lipinski definition) is 1. The summed E-state index contributed by atoms with van der Waals surface area (Å²) in [5.41, 5.74) is 1.56. The van der Waals surface area contributed by atoms with Crippen molar-refractivity contribution in [1.29, 1.82) is 0 Å². The second-order valence-corrected chi connectivity index (χ2v) is 6.45. The van der Waals surface area contributed by atoms with Crippen LogP contribution in [0.15, 0.2) is 54.6 Å². The fraction of sp³-hybridized carbons (Fsp3) is 0.316. The summed E-state index contributed by atoms with van der Waals surface area (Å²) in [6.07, 6.45) is 0. The third-order valence-electron chi connectivity index (χ3n) is 4.01. The molecule has 5 heteroatoms. The van der Waals surface area contributed by atoms with E-state index in [-0.39, 0.29) is 11.6 Å². The molecule has 0 saturated carbocycles. The van der Waals surface area contributed by atoms with Crippen molar-refractivity contribution in [3.8, 4) is 5.75 Å². The van der Waals surface area contributed by atoms with Gasteiger partial charge in [-0.3, -0.25) is 4.90 Å². The Labute approximate surface area is 142 Å². The molecule has 126 valence electrons. The maximum absolute atomic E-state index is 12.3. The van der Waals surface area contributed by atoms with Gasteiger partial charge in [-0.25, -0.2) is 4.79 Å². The normalized spacial score (nSPS) is 16.0. The molecule has 24 heavy (non-hydrogen) atoms. The zero-order chi connectivity index (χ0) is 17.0. The molecule has 2 aromatic carbocycles.